The summed E-state index contributed by atoms with van der Waals surface area (Å²) in [5.41, 5.74) is -0.278. The van der Waals surface area contributed by atoms with E-state index in [0.717, 1.165) is 25.0 Å². The molecular weight excluding hydrogens is 347 g/mol. The van der Waals surface area contributed by atoms with Crippen molar-refractivity contribution in [2.45, 2.75) is 45.8 Å². The molecule has 1 fully saturated rings. The first-order valence-electron chi connectivity index (χ1n) is 8.61. The summed E-state index contributed by atoms with van der Waals surface area (Å²) < 4.78 is 38.7. The van der Waals surface area contributed by atoms with Crippen molar-refractivity contribution in [3.8, 4) is 0 Å². The van der Waals surface area contributed by atoms with Gasteiger partial charge in [-0.05, 0) is 43.5 Å². The molecule has 0 saturated carbocycles. The Balaban J connectivity index is 2.03. The van der Waals surface area contributed by atoms with Gasteiger partial charge in [-0.2, -0.15) is 13.2 Å². The predicted octanol–water partition coefficient (Wildman–Crippen LogP) is 3.78. The third kappa shape index (κ3) is 5.37. The minimum absolute atomic E-state index is 0.0780. The van der Waals surface area contributed by atoms with E-state index in [9.17, 15) is 22.8 Å². The van der Waals surface area contributed by atoms with E-state index < -0.39 is 17.8 Å². The average molecular weight is 371 g/mol. The molecule has 1 aromatic carbocycles. The molecule has 1 aromatic rings. The number of likely N-dealkylation sites (tertiary alicyclic amines) is 1. The summed E-state index contributed by atoms with van der Waals surface area (Å²) in [6.07, 6.45) is -2.98. The van der Waals surface area contributed by atoms with E-state index in [-0.39, 0.29) is 23.6 Å². The number of nitrogens with one attached hydrogen (secondary N) is 2. The number of piperidine rings is 1. The number of amides is 3. The van der Waals surface area contributed by atoms with Crippen LogP contribution in [0.2, 0.25) is 0 Å². The minimum Gasteiger partial charge on any atom is -0.351 e. The van der Waals surface area contributed by atoms with Crippen LogP contribution in [0.15, 0.2) is 18.2 Å². The van der Waals surface area contributed by atoms with Crippen molar-refractivity contribution in [1.82, 2.24) is 10.2 Å². The lowest BCUT2D eigenvalue weighted by Crippen LogP contribution is -2.51. The van der Waals surface area contributed by atoms with Gasteiger partial charge in [0.2, 0.25) is 5.91 Å². The SMILES string of the molecule is Cc1cc(NC(=O)N2CCC[C@@H](NC(=O)C(C)C)C2)cc(C(F)(F)F)c1. The number of anilines is 1. The molecule has 144 valence electrons. The van der Waals surface area contributed by atoms with Crippen LogP contribution in [-0.2, 0) is 11.0 Å². The summed E-state index contributed by atoms with van der Waals surface area (Å²) in [7, 11) is 0. The van der Waals surface area contributed by atoms with Crippen molar-refractivity contribution in [3.05, 3.63) is 29.3 Å². The molecule has 2 N–H and O–H groups in total. The largest absolute Gasteiger partial charge is 0.416 e. The zero-order valence-corrected chi connectivity index (χ0v) is 15.1. The highest BCUT2D eigenvalue weighted by Crippen LogP contribution is 2.32. The third-order valence-electron chi connectivity index (χ3n) is 4.24. The molecule has 0 unspecified atom stereocenters. The molecule has 0 spiro atoms. The van der Waals surface area contributed by atoms with Crippen LogP contribution in [0.25, 0.3) is 0 Å². The van der Waals surface area contributed by atoms with Gasteiger partial charge in [0.25, 0.3) is 0 Å². The molecule has 3 amide bonds. The molecule has 8 heteroatoms. The van der Waals surface area contributed by atoms with Crippen molar-refractivity contribution in [3.63, 3.8) is 0 Å². The van der Waals surface area contributed by atoms with Crippen molar-refractivity contribution < 1.29 is 22.8 Å². The van der Waals surface area contributed by atoms with Gasteiger partial charge in [-0.25, -0.2) is 4.79 Å². The van der Waals surface area contributed by atoms with Crippen LogP contribution in [0.3, 0.4) is 0 Å². The van der Waals surface area contributed by atoms with E-state index in [2.05, 4.69) is 10.6 Å². The summed E-state index contributed by atoms with van der Waals surface area (Å²) >= 11 is 0. The second kappa shape index (κ2) is 7.97. The smallest absolute Gasteiger partial charge is 0.351 e. The maximum absolute atomic E-state index is 12.9. The first-order chi connectivity index (χ1) is 12.1. The summed E-state index contributed by atoms with van der Waals surface area (Å²) in [5, 5.41) is 5.43. The molecule has 1 heterocycles. The molecule has 26 heavy (non-hydrogen) atoms. The van der Waals surface area contributed by atoms with Crippen LogP contribution in [0, 0.1) is 12.8 Å². The van der Waals surface area contributed by atoms with Gasteiger partial charge in [-0.1, -0.05) is 13.8 Å². The number of alkyl halides is 3. The van der Waals surface area contributed by atoms with Gasteiger partial charge in [0.05, 0.1) is 5.56 Å². The number of nitrogens with zero attached hydrogens (tertiary/aromatic N) is 1. The van der Waals surface area contributed by atoms with Crippen LogP contribution in [0.4, 0.5) is 23.7 Å². The first-order valence-corrected chi connectivity index (χ1v) is 8.61. The molecule has 0 bridgehead atoms. The van der Waals surface area contributed by atoms with Crippen LogP contribution >= 0.6 is 0 Å². The number of rotatable bonds is 3. The fourth-order valence-corrected chi connectivity index (χ4v) is 2.87. The number of hydrogen-bond donors (Lipinski definition) is 2. The third-order valence-corrected chi connectivity index (χ3v) is 4.24. The number of hydrogen-bond acceptors (Lipinski definition) is 2. The minimum atomic E-state index is -4.47. The highest BCUT2D eigenvalue weighted by Gasteiger charge is 2.31. The molecule has 1 saturated heterocycles. The van der Waals surface area contributed by atoms with Crippen LogP contribution in [0.1, 0.15) is 37.8 Å². The lowest BCUT2D eigenvalue weighted by Gasteiger charge is -2.33. The fourth-order valence-electron chi connectivity index (χ4n) is 2.87. The zero-order chi connectivity index (χ0) is 19.5. The van der Waals surface area contributed by atoms with E-state index in [1.165, 1.54) is 11.0 Å². The van der Waals surface area contributed by atoms with Gasteiger partial charge in [-0.15, -0.1) is 0 Å². The average Bonchev–Trinajstić information content (AvgIpc) is 2.53. The van der Waals surface area contributed by atoms with Gasteiger partial charge in [0, 0.05) is 30.7 Å². The number of carbonyl (C=O) groups is 2. The Labute approximate surface area is 150 Å². The zero-order valence-electron chi connectivity index (χ0n) is 15.1. The van der Waals surface area contributed by atoms with Crippen LogP contribution < -0.4 is 10.6 Å². The Morgan fingerprint density at radius 1 is 1.23 bits per heavy atom. The summed E-state index contributed by atoms with van der Waals surface area (Å²) in [4.78, 5) is 25.8. The Morgan fingerprint density at radius 3 is 2.54 bits per heavy atom. The monoisotopic (exact) mass is 371 g/mol. The number of benzene rings is 1. The van der Waals surface area contributed by atoms with E-state index in [1.54, 1.807) is 20.8 Å². The number of halogens is 3. The Hall–Kier alpha value is -2.25. The second-order valence-corrected chi connectivity index (χ2v) is 6.96. The number of urea groups is 1. The van der Waals surface area contributed by atoms with Crippen LogP contribution in [0.5, 0.6) is 0 Å². The van der Waals surface area contributed by atoms with Crippen molar-refractivity contribution in [2.24, 2.45) is 5.92 Å². The normalized spacial score (nSPS) is 18.0. The van der Waals surface area contributed by atoms with Gasteiger partial charge < -0.3 is 15.5 Å². The van der Waals surface area contributed by atoms with Gasteiger partial charge in [-0.3, -0.25) is 4.79 Å². The maximum atomic E-state index is 12.9. The lowest BCUT2D eigenvalue weighted by atomic mass is 10.0. The lowest BCUT2D eigenvalue weighted by molar-refractivity contribution is -0.137. The quantitative estimate of drug-likeness (QED) is 0.849. The van der Waals surface area contributed by atoms with Gasteiger partial charge in [0.1, 0.15) is 0 Å². The Bertz CT molecular complexity index is 674. The number of carbonyl (C=O) groups excluding carboxylic acids is 2. The second-order valence-electron chi connectivity index (χ2n) is 6.96. The van der Waals surface area contributed by atoms with E-state index in [0.29, 0.717) is 18.7 Å². The summed E-state index contributed by atoms with van der Waals surface area (Å²) in [5.74, 6) is -0.224. The van der Waals surface area contributed by atoms with E-state index in [1.807, 2.05) is 0 Å². The number of aryl methyl sites for hydroxylation is 1. The molecule has 1 aliphatic rings. The highest BCUT2D eigenvalue weighted by atomic mass is 19.4. The fraction of sp³-hybridized carbons (Fsp3) is 0.556. The van der Waals surface area contributed by atoms with Crippen molar-refractivity contribution >= 4 is 17.6 Å². The Morgan fingerprint density at radius 2 is 1.92 bits per heavy atom. The van der Waals surface area contributed by atoms with E-state index in [4.69, 9.17) is 0 Å². The maximum Gasteiger partial charge on any atom is 0.416 e. The molecule has 1 atom stereocenters. The molecule has 5 nitrogen and oxygen atoms in total. The van der Waals surface area contributed by atoms with E-state index >= 15 is 0 Å². The Kier molecular flexibility index (Phi) is 6.15. The molecule has 0 aromatic heterocycles. The molecule has 0 aliphatic carbocycles. The molecule has 0 radical (unpaired) electrons. The molecule has 2 rings (SSSR count). The van der Waals surface area contributed by atoms with Crippen molar-refractivity contribution in [1.29, 1.82) is 0 Å². The summed E-state index contributed by atoms with van der Waals surface area (Å²) in [6.45, 7) is 5.96. The van der Waals surface area contributed by atoms with Crippen molar-refractivity contribution in [2.75, 3.05) is 18.4 Å². The first kappa shape index (κ1) is 20.1. The summed E-state index contributed by atoms with van der Waals surface area (Å²) in [6, 6.07) is 2.84. The van der Waals surface area contributed by atoms with Crippen LogP contribution in [-0.4, -0.2) is 36.0 Å². The van der Waals surface area contributed by atoms with Gasteiger partial charge in [0.15, 0.2) is 0 Å². The topological polar surface area (TPSA) is 61.4 Å². The van der Waals surface area contributed by atoms with Gasteiger partial charge >= 0.3 is 12.2 Å². The standard InChI is InChI=1S/C18H24F3N3O2/c1-11(2)16(25)22-14-5-4-6-24(10-14)17(26)23-15-8-12(3)7-13(9-15)18(19,20)21/h7-9,11,14H,4-6,10H2,1-3H3,(H,22,25)(H,23,26)/t14-/m1/s1. The highest BCUT2D eigenvalue weighted by molar-refractivity contribution is 5.89. The predicted molar refractivity (Wildman–Crippen MR) is 92.8 cm³/mol. The molecule has 1 aliphatic heterocycles. The molecular formula is C18H24F3N3O2.